The van der Waals surface area contributed by atoms with Crippen molar-refractivity contribution in [1.82, 2.24) is 14.5 Å². The van der Waals surface area contributed by atoms with E-state index in [1.807, 2.05) is 30.3 Å². The van der Waals surface area contributed by atoms with Gasteiger partial charge in [0, 0.05) is 38.0 Å². The van der Waals surface area contributed by atoms with Crippen molar-refractivity contribution in [2.24, 2.45) is 0 Å². The Bertz CT molecular complexity index is 1460. The second-order valence-corrected chi connectivity index (χ2v) is 11.0. The molecule has 1 N–H and O–H groups in total. The Kier molecular flexibility index (Phi) is 8.75. The molecule has 0 saturated carbocycles. The van der Waals surface area contributed by atoms with Crippen LogP contribution in [-0.4, -0.2) is 54.5 Å². The van der Waals surface area contributed by atoms with Gasteiger partial charge in [-0.3, -0.25) is 14.4 Å². The Balaban J connectivity index is 1.56. The lowest BCUT2D eigenvalue weighted by atomic mass is 10.0. The number of likely N-dealkylation sites (N-methyl/N-ethyl adjacent to an activating group) is 1. The van der Waals surface area contributed by atoms with Crippen molar-refractivity contribution >= 4 is 27.7 Å². The van der Waals surface area contributed by atoms with E-state index in [0.29, 0.717) is 6.54 Å². The van der Waals surface area contributed by atoms with Crippen LogP contribution in [0.2, 0.25) is 0 Å². The lowest BCUT2D eigenvalue weighted by Crippen LogP contribution is -2.50. The summed E-state index contributed by atoms with van der Waals surface area (Å²) in [6, 6.07) is 20.3. The molecule has 0 radical (unpaired) electrons. The van der Waals surface area contributed by atoms with E-state index < -0.39 is 33.7 Å². The first-order valence-electron chi connectivity index (χ1n) is 12.7. The molecule has 1 aliphatic rings. The van der Waals surface area contributed by atoms with Crippen LogP contribution in [-0.2, 0) is 32.6 Å². The second-order valence-electron chi connectivity index (χ2n) is 9.20. The molecule has 8 nitrogen and oxygen atoms in total. The van der Waals surface area contributed by atoms with Gasteiger partial charge in [-0.1, -0.05) is 60.7 Å². The summed E-state index contributed by atoms with van der Waals surface area (Å²) in [4.78, 5) is 40.8. The van der Waals surface area contributed by atoms with Gasteiger partial charge in [0.2, 0.25) is 11.8 Å². The number of halogens is 1. The molecule has 0 spiro atoms. The third kappa shape index (κ3) is 6.17. The van der Waals surface area contributed by atoms with Crippen LogP contribution in [0.3, 0.4) is 0 Å². The standard InChI is InChI=1S/C29H30FN3O5S/c1-2-31-28(35)25(19-21-11-4-3-5-12-21)32(20-22-13-6-8-15-24(22)30)27(34)17-10-18-33-29(36)23-14-7-9-16-26(23)39(33,37)38/h3-9,11-16,25H,2,10,17-20H2,1H3,(H,31,35)/t25-/m1/s1. The van der Waals surface area contributed by atoms with Crippen molar-refractivity contribution in [3.8, 4) is 0 Å². The van der Waals surface area contributed by atoms with Gasteiger partial charge in [0.1, 0.15) is 16.8 Å². The summed E-state index contributed by atoms with van der Waals surface area (Å²) in [5.74, 6) is -1.97. The number of nitrogens with one attached hydrogen (secondary N) is 1. The molecule has 10 heteroatoms. The fourth-order valence-electron chi connectivity index (χ4n) is 4.63. The van der Waals surface area contributed by atoms with E-state index in [4.69, 9.17) is 0 Å². The number of carbonyl (C=O) groups is 3. The van der Waals surface area contributed by atoms with Gasteiger partial charge in [0.05, 0.1) is 5.56 Å². The highest BCUT2D eigenvalue weighted by atomic mass is 32.2. The van der Waals surface area contributed by atoms with Gasteiger partial charge in [-0.15, -0.1) is 0 Å². The Morgan fingerprint density at radius 3 is 2.33 bits per heavy atom. The fraction of sp³-hybridized carbons (Fsp3) is 0.276. The van der Waals surface area contributed by atoms with E-state index in [0.717, 1.165) is 9.87 Å². The van der Waals surface area contributed by atoms with Crippen molar-refractivity contribution < 1.29 is 27.2 Å². The summed E-state index contributed by atoms with van der Waals surface area (Å²) in [7, 11) is -4.00. The van der Waals surface area contributed by atoms with Gasteiger partial charge in [-0.25, -0.2) is 17.1 Å². The molecule has 39 heavy (non-hydrogen) atoms. The first-order valence-corrected chi connectivity index (χ1v) is 14.2. The molecule has 0 bridgehead atoms. The van der Waals surface area contributed by atoms with Crippen LogP contribution in [0.1, 0.15) is 41.3 Å². The molecule has 204 valence electrons. The van der Waals surface area contributed by atoms with Crippen LogP contribution in [0.25, 0.3) is 0 Å². The van der Waals surface area contributed by atoms with Crippen LogP contribution < -0.4 is 5.32 Å². The summed E-state index contributed by atoms with van der Waals surface area (Å²) in [5.41, 5.74) is 1.18. The Hall–Kier alpha value is -4.05. The molecule has 1 heterocycles. The summed E-state index contributed by atoms with van der Waals surface area (Å²) in [6.07, 6.45) is 0.106. The van der Waals surface area contributed by atoms with Crippen molar-refractivity contribution in [1.29, 1.82) is 0 Å². The molecule has 0 saturated heterocycles. The second kappa shape index (κ2) is 12.2. The highest BCUT2D eigenvalue weighted by Crippen LogP contribution is 2.30. The van der Waals surface area contributed by atoms with Gasteiger partial charge in [0.15, 0.2) is 0 Å². The molecular weight excluding hydrogens is 521 g/mol. The minimum Gasteiger partial charge on any atom is -0.355 e. The van der Waals surface area contributed by atoms with Gasteiger partial charge < -0.3 is 10.2 Å². The average Bonchev–Trinajstić information content (AvgIpc) is 3.12. The van der Waals surface area contributed by atoms with E-state index in [9.17, 15) is 27.2 Å². The van der Waals surface area contributed by atoms with Crippen LogP contribution in [0.5, 0.6) is 0 Å². The number of hydrogen-bond acceptors (Lipinski definition) is 5. The molecule has 3 aromatic rings. The molecule has 0 unspecified atom stereocenters. The van der Waals surface area contributed by atoms with Gasteiger partial charge in [-0.2, -0.15) is 0 Å². The average molecular weight is 552 g/mol. The molecule has 0 fully saturated rings. The first kappa shape index (κ1) is 28.0. The van der Waals surface area contributed by atoms with Crippen molar-refractivity contribution in [3.63, 3.8) is 0 Å². The van der Waals surface area contributed by atoms with Crippen LogP contribution in [0.4, 0.5) is 4.39 Å². The van der Waals surface area contributed by atoms with Gasteiger partial charge in [0.25, 0.3) is 15.9 Å². The molecule has 1 atom stereocenters. The van der Waals surface area contributed by atoms with E-state index >= 15 is 0 Å². The largest absolute Gasteiger partial charge is 0.355 e. The SMILES string of the molecule is CCNC(=O)[C@@H](Cc1ccccc1)N(Cc1ccccc1F)C(=O)CCCN1C(=O)c2ccccc2S1(=O)=O. The zero-order chi connectivity index (χ0) is 28.0. The molecule has 0 aromatic heterocycles. The van der Waals surface area contributed by atoms with Gasteiger partial charge >= 0.3 is 0 Å². The number of sulfonamides is 1. The smallest absolute Gasteiger partial charge is 0.269 e. The topological polar surface area (TPSA) is 104 Å². The third-order valence-electron chi connectivity index (χ3n) is 6.58. The molecule has 3 aromatic carbocycles. The zero-order valence-corrected chi connectivity index (χ0v) is 22.4. The quantitative estimate of drug-likeness (QED) is 0.393. The fourth-order valence-corrected chi connectivity index (χ4v) is 6.23. The number of rotatable bonds is 11. The lowest BCUT2D eigenvalue weighted by Gasteiger charge is -2.32. The number of carbonyl (C=O) groups excluding carboxylic acids is 3. The van der Waals surface area contributed by atoms with Crippen molar-refractivity contribution in [2.75, 3.05) is 13.1 Å². The number of fused-ring (bicyclic) bond motifs is 1. The van der Waals surface area contributed by atoms with E-state index in [-0.39, 0.29) is 54.3 Å². The first-order chi connectivity index (χ1) is 18.7. The minimum atomic E-state index is -4.00. The molecule has 4 rings (SSSR count). The van der Waals surface area contributed by atoms with Gasteiger partial charge in [-0.05, 0) is 37.1 Å². The molecule has 1 aliphatic heterocycles. The number of amides is 3. The van der Waals surface area contributed by atoms with Crippen molar-refractivity contribution in [3.05, 3.63) is 101 Å². The number of nitrogens with zero attached hydrogens (tertiary/aromatic N) is 2. The maximum absolute atomic E-state index is 14.6. The van der Waals surface area contributed by atoms with E-state index in [2.05, 4.69) is 5.32 Å². The summed E-state index contributed by atoms with van der Waals surface area (Å²) >= 11 is 0. The molecule has 3 amide bonds. The summed E-state index contributed by atoms with van der Waals surface area (Å²) in [5, 5.41) is 2.77. The predicted molar refractivity (Wildman–Crippen MR) is 143 cm³/mol. The molecular formula is C29H30FN3O5S. The van der Waals surface area contributed by atoms with Crippen LogP contribution in [0.15, 0.2) is 83.8 Å². The number of benzene rings is 3. The minimum absolute atomic E-state index is 0.0407. The third-order valence-corrected chi connectivity index (χ3v) is 8.42. The zero-order valence-electron chi connectivity index (χ0n) is 21.5. The maximum atomic E-state index is 14.6. The lowest BCUT2D eigenvalue weighted by molar-refractivity contribution is -0.141. The maximum Gasteiger partial charge on any atom is 0.269 e. The van der Waals surface area contributed by atoms with Crippen LogP contribution >= 0.6 is 0 Å². The van der Waals surface area contributed by atoms with Crippen molar-refractivity contribution in [2.45, 2.75) is 43.7 Å². The highest BCUT2D eigenvalue weighted by molar-refractivity contribution is 7.90. The Morgan fingerprint density at radius 1 is 0.974 bits per heavy atom. The Morgan fingerprint density at radius 2 is 1.64 bits per heavy atom. The van der Waals surface area contributed by atoms with E-state index in [1.165, 1.54) is 23.1 Å². The summed E-state index contributed by atoms with van der Waals surface area (Å²) in [6.45, 7) is 1.78. The Labute approximate surface area is 227 Å². The normalized spacial score (nSPS) is 14.5. The molecule has 0 aliphatic carbocycles. The number of hydrogen-bond donors (Lipinski definition) is 1. The van der Waals surface area contributed by atoms with E-state index in [1.54, 1.807) is 37.3 Å². The predicted octanol–water partition coefficient (Wildman–Crippen LogP) is 3.53. The monoisotopic (exact) mass is 551 g/mol. The van der Waals surface area contributed by atoms with Crippen LogP contribution in [0, 0.1) is 5.82 Å². The summed E-state index contributed by atoms with van der Waals surface area (Å²) < 4.78 is 41.1. The highest BCUT2D eigenvalue weighted by Gasteiger charge is 2.40.